The van der Waals surface area contributed by atoms with E-state index in [1.807, 2.05) is 0 Å². The molecule has 0 bridgehead atoms. The summed E-state index contributed by atoms with van der Waals surface area (Å²) in [5.74, 6) is 0. The highest BCUT2D eigenvalue weighted by Crippen LogP contribution is 2.21. The average molecular weight is 171 g/mol. The third-order valence-corrected chi connectivity index (χ3v) is 1.53. The highest BCUT2D eigenvalue weighted by molar-refractivity contribution is 5.72. The smallest absolute Gasteiger partial charge is 0.265 e. The lowest BCUT2D eigenvalue weighted by atomic mass is 10.1. The second-order valence-electron chi connectivity index (χ2n) is 2.38. The second kappa shape index (κ2) is 3.38. The number of aromatic nitrogens is 1. The maximum absolute atomic E-state index is 12.1. The Hall–Kier alpha value is -1.32. The molecule has 0 saturated carbocycles. The molecule has 0 atom stereocenters. The van der Waals surface area contributed by atoms with Gasteiger partial charge >= 0.3 is 0 Å². The zero-order valence-electron chi connectivity index (χ0n) is 6.42. The van der Waals surface area contributed by atoms with E-state index in [1.165, 1.54) is 13.0 Å². The van der Waals surface area contributed by atoms with Gasteiger partial charge in [0.1, 0.15) is 5.69 Å². The van der Waals surface area contributed by atoms with Gasteiger partial charge in [-0.2, -0.15) is 0 Å². The molecule has 64 valence electrons. The zero-order valence-corrected chi connectivity index (χ0v) is 6.42. The van der Waals surface area contributed by atoms with Crippen molar-refractivity contribution in [2.24, 2.45) is 0 Å². The Balaban J connectivity index is 3.11. The number of pyridine rings is 1. The molecule has 2 nitrogen and oxygen atoms in total. The van der Waals surface area contributed by atoms with Crippen molar-refractivity contribution in [3.63, 3.8) is 0 Å². The van der Waals surface area contributed by atoms with Crippen molar-refractivity contribution >= 4 is 6.29 Å². The first-order chi connectivity index (χ1) is 5.65. The number of aldehydes is 1. The molecule has 1 rings (SSSR count). The van der Waals surface area contributed by atoms with Gasteiger partial charge in [-0.05, 0) is 18.6 Å². The topological polar surface area (TPSA) is 30.0 Å². The van der Waals surface area contributed by atoms with Crippen LogP contribution in [0.4, 0.5) is 8.78 Å². The van der Waals surface area contributed by atoms with Crippen LogP contribution in [0.1, 0.15) is 28.0 Å². The van der Waals surface area contributed by atoms with Crippen LogP contribution in [0.25, 0.3) is 0 Å². The Bertz CT molecular complexity index is 299. The van der Waals surface area contributed by atoms with Gasteiger partial charge < -0.3 is 0 Å². The van der Waals surface area contributed by atoms with Crippen LogP contribution in [0.15, 0.2) is 12.3 Å². The molecule has 12 heavy (non-hydrogen) atoms. The quantitative estimate of drug-likeness (QED) is 0.638. The summed E-state index contributed by atoms with van der Waals surface area (Å²) in [5.41, 5.74) is 0.444. The fourth-order valence-corrected chi connectivity index (χ4v) is 0.881. The van der Waals surface area contributed by atoms with Crippen molar-refractivity contribution in [1.29, 1.82) is 0 Å². The second-order valence-corrected chi connectivity index (χ2v) is 2.38. The van der Waals surface area contributed by atoms with Gasteiger partial charge in [-0.1, -0.05) is 0 Å². The van der Waals surface area contributed by atoms with Crippen LogP contribution in [-0.4, -0.2) is 11.3 Å². The van der Waals surface area contributed by atoms with E-state index in [9.17, 15) is 13.6 Å². The van der Waals surface area contributed by atoms with E-state index in [0.717, 1.165) is 6.20 Å². The van der Waals surface area contributed by atoms with Crippen LogP contribution in [0.3, 0.4) is 0 Å². The monoisotopic (exact) mass is 171 g/mol. The first-order valence-electron chi connectivity index (χ1n) is 3.35. The molecule has 0 radical (unpaired) electrons. The maximum atomic E-state index is 12.1. The summed E-state index contributed by atoms with van der Waals surface area (Å²) in [6, 6.07) is 1.34. The van der Waals surface area contributed by atoms with E-state index < -0.39 is 6.43 Å². The van der Waals surface area contributed by atoms with E-state index in [4.69, 9.17) is 0 Å². The zero-order chi connectivity index (χ0) is 9.14. The van der Waals surface area contributed by atoms with Gasteiger partial charge in [0, 0.05) is 11.8 Å². The van der Waals surface area contributed by atoms with Gasteiger partial charge in [0.2, 0.25) is 0 Å². The van der Waals surface area contributed by atoms with E-state index >= 15 is 0 Å². The van der Waals surface area contributed by atoms with Crippen LogP contribution in [0.5, 0.6) is 0 Å². The number of rotatable bonds is 2. The Morgan fingerprint density at radius 3 is 2.67 bits per heavy atom. The number of hydrogen-bond donors (Lipinski definition) is 0. The van der Waals surface area contributed by atoms with Crippen molar-refractivity contribution in [3.8, 4) is 0 Å². The standard InChI is InChI=1S/C8H7F2NO/c1-5-2-6(4-12)11-3-7(5)8(9)10/h2-4,8H,1H3. The SMILES string of the molecule is Cc1cc(C=O)ncc1C(F)F. The van der Waals surface area contributed by atoms with Crippen molar-refractivity contribution in [2.75, 3.05) is 0 Å². The summed E-state index contributed by atoms with van der Waals surface area (Å²) in [7, 11) is 0. The van der Waals surface area contributed by atoms with E-state index in [1.54, 1.807) is 0 Å². The molecule has 0 aliphatic carbocycles. The largest absolute Gasteiger partial charge is 0.296 e. The van der Waals surface area contributed by atoms with Crippen LogP contribution < -0.4 is 0 Å². The Labute approximate surface area is 68.2 Å². The number of carbonyl (C=O) groups is 1. The first-order valence-corrected chi connectivity index (χ1v) is 3.35. The van der Waals surface area contributed by atoms with Crippen molar-refractivity contribution < 1.29 is 13.6 Å². The molecule has 0 aromatic carbocycles. The van der Waals surface area contributed by atoms with E-state index in [0.29, 0.717) is 11.8 Å². The molecule has 1 heterocycles. The highest BCUT2D eigenvalue weighted by Gasteiger charge is 2.10. The number of hydrogen-bond acceptors (Lipinski definition) is 2. The predicted octanol–water partition coefficient (Wildman–Crippen LogP) is 2.14. The summed E-state index contributed by atoms with van der Waals surface area (Å²) >= 11 is 0. The van der Waals surface area contributed by atoms with E-state index in [-0.39, 0.29) is 11.3 Å². The third kappa shape index (κ3) is 1.64. The van der Waals surface area contributed by atoms with Crippen LogP contribution >= 0.6 is 0 Å². The summed E-state index contributed by atoms with van der Waals surface area (Å²) in [5, 5.41) is 0. The van der Waals surface area contributed by atoms with Gasteiger partial charge in [-0.25, -0.2) is 8.78 Å². The molecule has 0 N–H and O–H groups in total. The van der Waals surface area contributed by atoms with Crippen molar-refractivity contribution in [2.45, 2.75) is 13.3 Å². The molecule has 0 fully saturated rings. The van der Waals surface area contributed by atoms with Crippen LogP contribution in [0.2, 0.25) is 0 Å². The molecule has 1 aromatic heterocycles. The van der Waals surface area contributed by atoms with Crippen molar-refractivity contribution in [3.05, 3.63) is 29.1 Å². The minimum Gasteiger partial charge on any atom is -0.296 e. The van der Waals surface area contributed by atoms with Gasteiger partial charge in [-0.15, -0.1) is 0 Å². The van der Waals surface area contributed by atoms with Crippen molar-refractivity contribution in [1.82, 2.24) is 4.98 Å². The normalized spacial score (nSPS) is 10.3. The average Bonchev–Trinajstić information content (AvgIpc) is 2.03. The van der Waals surface area contributed by atoms with Gasteiger partial charge in [0.25, 0.3) is 6.43 Å². The molecule has 1 aromatic rings. The molecular formula is C8H7F2NO. The minimum absolute atomic E-state index is 0.124. The predicted molar refractivity (Wildman–Crippen MR) is 39.3 cm³/mol. The van der Waals surface area contributed by atoms with Crippen LogP contribution in [0, 0.1) is 6.92 Å². The molecule has 0 unspecified atom stereocenters. The summed E-state index contributed by atoms with van der Waals surface area (Å²) < 4.78 is 24.3. The molecule has 0 aliphatic heterocycles. The Kier molecular flexibility index (Phi) is 2.47. The van der Waals surface area contributed by atoms with E-state index in [2.05, 4.69) is 4.98 Å². The summed E-state index contributed by atoms with van der Waals surface area (Å²) in [6.07, 6.45) is -0.968. The third-order valence-electron chi connectivity index (χ3n) is 1.53. The summed E-state index contributed by atoms with van der Waals surface area (Å²) in [6.45, 7) is 1.52. The van der Waals surface area contributed by atoms with Crippen LogP contribution in [-0.2, 0) is 0 Å². The lowest BCUT2D eigenvalue weighted by Gasteiger charge is -2.02. The Morgan fingerprint density at radius 2 is 2.25 bits per heavy atom. The lowest BCUT2D eigenvalue weighted by Crippen LogP contribution is -1.94. The number of alkyl halides is 2. The molecule has 0 spiro atoms. The molecule has 0 aliphatic rings. The Morgan fingerprint density at radius 1 is 1.58 bits per heavy atom. The molecule has 4 heteroatoms. The maximum Gasteiger partial charge on any atom is 0.265 e. The molecule has 0 amide bonds. The van der Waals surface area contributed by atoms with Gasteiger partial charge in [0.05, 0.1) is 0 Å². The minimum atomic E-state index is -2.53. The van der Waals surface area contributed by atoms with Gasteiger partial charge in [0.15, 0.2) is 6.29 Å². The molecular weight excluding hydrogens is 164 g/mol. The molecule has 0 saturated heterocycles. The number of carbonyl (C=O) groups excluding carboxylic acids is 1. The lowest BCUT2D eigenvalue weighted by molar-refractivity contribution is 0.111. The summed E-state index contributed by atoms with van der Waals surface area (Å²) in [4.78, 5) is 13.7. The highest BCUT2D eigenvalue weighted by atomic mass is 19.3. The van der Waals surface area contributed by atoms with Gasteiger partial charge in [-0.3, -0.25) is 9.78 Å². The number of aryl methyl sites for hydroxylation is 1. The fourth-order valence-electron chi connectivity index (χ4n) is 0.881. The first kappa shape index (κ1) is 8.77. The number of nitrogens with zero attached hydrogens (tertiary/aromatic N) is 1. The number of halogens is 2. The fraction of sp³-hybridized carbons (Fsp3) is 0.250.